The van der Waals surface area contributed by atoms with E-state index in [9.17, 15) is 8.42 Å². The van der Waals surface area contributed by atoms with Gasteiger partial charge in [0.2, 0.25) is 10.0 Å². The first kappa shape index (κ1) is 18.9. The van der Waals surface area contributed by atoms with Crippen molar-refractivity contribution in [3.05, 3.63) is 24.3 Å². The SMILES string of the molecule is CCC(N)(CC)CNS(=O)(=O)c1ccc(OCCOC)cc1. The zero-order valence-electron chi connectivity index (χ0n) is 13.5. The van der Waals surface area contributed by atoms with Gasteiger partial charge in [0.15, 0.2) is 0 Å². The maximum atomic E-state index is 12.3. The molecular weight excluding hydrogens is 304 g/mol. The number of hydrogen-bond donors (Lipinski definition) is 2. The summed E-state index contributed by atoms with van der Waals surface area (Å²) in [7, 11) is -1.97. The van der Waals surface area contributed by atoms with E-state index in [1.807, 2.05) is 13.8 Å². The van der Waals surface area contributed by atoms with Crippen molar-refractivity contribution in [3.63, 3.8) is 0 Å². The summed E-state index contributed by atoms with van der Waals surface area (Å²) in [6.45, 7) is 5.01. The molecule has 1 rings (SSSR count). The van der Waals surface area contributed by atoms with Crippen LogP contribution in [-0.2, 0) is 14.8 Å². The first-order valence-corrected chi connectivity index (χ1v) is 8.85. The average molecular weight is 330 g/mol. The molecule has 0 radical (unpaired) electrons. The molecule has 0 aromatic heterocycles. The lowest BCUT2D eigenvalue weighted by Crippen LogP contribution is -2.49. The molecule has 0 aliphatic heterocycles. The number of rotatable bonds is 10. The van der Waals surface area contributed by atoms with E-state index in [0.717, 1.165) is 0 Å². The zero-order valence-corrected chi connectivity index (χ0v) is 14.3. The van der Waals surface area contributed by atoms with Crippen LogP contribution < -0.4 is 15.2 Å². The Morgan fingerprint density at radius 3 is 2.23 bits per heavy atom. The number of nitrogens with two attached hydrogens (primary N) is 1. The number of hydrogen-bond acceptors (Lipinski definition) is 5. The summed E-state index contributed by atoms with van der Waals surface area (Å²) < 4.78 is 37.4. The van der Waals surface area contributed by atoms with Gasteiger partial charge < -0.3 is 15.2 Å². The first-order chi connectivity index (χ1) is 10.4. The van der Waals surface area contributed by atoms with Crippen LogP contribution in [0.1, 0.15) is 26.7 Å². The second-order valence-electron chi connectivity index (χ2n) is 5.21. The third-order valence-corrected chi connectivity index (χ3v) is 5.13. The lowest BCUT2D eigenvalue weighted by molar-refractivity contribution is 0.146. The van der Waals surface area contributed by atoms with E-state index in [0.29, 0.717) is 31.8 Å². The summed E-state index contributed by atoms with van der Waals surface area (Å²) in [5, 5.41) is 0. The summed E-state index contributed by atoms with van der Waals surface area (Å²) in [5.74, 6) is 0.603. The normalized spacial score (nSPS) is 12.4. The van der Waals surface area contributed by atoms with Gasteiger partial charge in [0.1, 0.15) is 12.4 Å². The predicted octanol–water partition coefficient (Wildman–Crippen LogP) is 1.51. The molecule has 1 aromatic carbocycles. The molecule has 0 saturated heterocycles. The summed E-state index contributed by atoms with van der Waals surface area (Å²) in [5.41, 5.74) is 5.60. The summed E-state index contributed by atoms with van der Waals surface area (Å²) in [4.78, 5) is 0.196. The van der Waals surface area contributed by atoms with E-state index in [2.05, 4.69) is 4.72 Å². The number of nitrogens with one attached hydrogen (secondary N) is 1. The Bertz CT molecular complexity index is 539. The maximum Gasteiger partial charge on any atom is 0.240 e. The van der Waals surface area contributed by atoms with Crippen LogP contribution >= 0.6 is 0 Å². The molecule has 0 heterocycles. The molecule has 22 heavy (non-hydrogen) atoms. The minimum Gasteiger partial charge on any atom is -0.491 e. The van der Waals surface area contributed by atoms with Crippen molar-refractivity contribution in [1.82, 2.24) is 4.72 Å². The third kappa shape index (κ3) is 5.57. The van der Waals surface area contributed by atoms with Gasteiger partial charge in [-0.05, 0) is 37.1 Å². The Kier molecular flexibility index (Phi) is 7.28. The van der Waals surface area contributed by atoms with E-state index >= 15 is 0 Å². The van der Waals surface area contributed by atoms with Gasteiger partial charge in [-0.15, -0.1) is 0 Å². The van der Waals surface area contributed by atoms with Crippen molar-refractivity contribution in [3.8, 4) is 5.75 Å². The molecule has 3 N–H and O–H groups in total. The molecule has 0 bridgehead atoms. The minimum absolute atomic E-state index is 0.196. The summed E-state index contributed by atoms with van der Waals surface area (Å²) in [6.07, 6.45) is 1.41. The van der Waals surface area contributed by atoms with Gasteiger partial charge in [-0.3, -0.25) is 0 Å². The van der Waals surface area contributed by atoms with Crippen LogP contribution in [0, 0.1) is 0 Å². The highest BCUT2D eigenvalue weighted by molar-refractivity contribution is 7.89. The number of benzene rings is 1. The number of methoxy groups -OCH3 is 1. The van der Waals surface area contributed by atoms with Gasteiger partial charge in [0.05, 0.1) is 11.5 Å². The summed E-state index contributed by atoms with van der Waals surface area (Å²) in [6, 6.07) is 6.28. The van der Waals surface area contributed by atoms with Crippen LogP contribution in [0.2, 0.25) is 0 Å². The molecule has 0 spiro atoms. The molecule has 7 heteroatoms. The molecule has 0 saturated carbocycles. The van der Waals surface area contributed by atoms with Gasteiger partial charge in [-0.25, -0.2) is 13.1 Å². The fourth-order valence-corrected chi connectivity index (χ4v) is 2.92. The zero-order chi connectivity index (χ0) is 16.6. The molecule has 0 atom stereocenters. The van der Waals surface area contributed by atoms with Crippen LogP contribution in [0.4, 0.5) is 0 Å². The van der Waals surface area contributed by atoms with Crippen LogP contribution in [-0.4, -0.2) is 40.8 Å². The monoisotopic (exact) mass is 330 g/mol. The molecular formula is C15H26N2O4S. The lowest BCUT2D eigenvalue weighted by Gasteiger charge is -2.26. The van der Waals surface area contributed by atoms with Crippen molar-refractivity contribution in [1.29, 1.82) is 0 Å². The Labute approximate surface area is 133 Å². The van der Waals surface area contributed by atoms with Crippen LogP contribution in [0.3, 0.4) is 0 Å². The van der Waals surface area contributed by atoms with Gasteiger partial charge in [0.25, 0.3) is 0 Å². The molecule has 6 nitrogen and oxygen atoms in total. The highest BCUT2D eigenvalue weighted by atomic mass is 32.2. The van der Waals surface area contributed by atoms with E-state index < -0.39 is 15.6 Å². The van der Waals surface area contributed by atoms with Crippen LogP contribution in [0.25, 0.3) is 0 Å². The van der Waals surface area contributed by atoms with E-state index in [-0.39, 0.29) is 11.4 Å². The van der Waals surface area contributed by atoms with Crippen molar-refractivity contribution >= 4 is 10.0 Å². The Morgan fingerprint density at radius 1 is 1.14 bits per heavy atom. The van der Waals surface area contributed by atoms with E-state index in [1.165, 1.54) is 12.1 Å². The second kappa shape index (κ2) is 8.47. The smallest absolute Gasteiger partial charge is 0.240 e. The standard InChI is InChI=1S/C15H26N2O4S/c1-4-15(16,5-2)12-17-22(18,19)14-8-6-13(7-9-14)21-11-10-20-3/h6-9,17H,4-5,10-12,16H2,1-3H3. The topological polar surface area (TPSA) is 90.7 Å². The minimum atomic E-state index is -3.57. The number of sulfonamides is 1. The fraction of sp³-hybridized carbons (Fsp3) is 0.600. The van der Waals surface area contributed by atoms with Crippen molar-refractivity contribution < 1.29 is 17.9 Å². The first-order valence-electron chi connectivity index (χ1n) is 7.37. The molecule has 126 valence electrons. The average Bonchev–Trinajstić information content (AvgIpc) is 2.53. The molecule has 0 unspecified atom stereocenters. The van der Waals surface area contributed by atoms with Crippen molar-refractivity contribution in [2.45, 2.75) is 37.1 Å². The van der Waals surface area contributed by atoms with Crippen LogP contribution in [0.15, 0.2) is 29.2 Å². The van der Waals surface area contributed by atoms with Gasteiger partial charge >= 0.3 is 0 Å². The van der Waals surface area contributed by atoms with Crippen molar-refractivity contribution in [2.24, 2.45) is 5.73 Å². The predicted molar refractivity (Wildman–Crippen MR) is 86.5 cm³/mol. The lowest BCUT2D eigenvalue weighted by atomic mass is 9.95. The molecule has 0 aliphatic rings. The highest BCUT2D eigenvalue weighted by Gasteiger charge is 2.23. The summed E-state index contributed by atoms with van der Waals surface area (Å²) >= 11 is 0. The molecule has 1 aromatic rings. The van der Waals surface area contributed by atoms with Gasteiger partial charge in [-0.2, -0.15) is 0 Å². The Morgan fingerprint density at radius 2 is 1.73 bits per heavy atom. The van der Waals surface area contributed by atoms with Gasteiger partial charge in [0, 0.05) is 19.2 Å². The van der Waals surface area contributed by atoms with E-state index in [4.69, 9.17) is 15.2 Å². The molecule has 0 fully saturated rings. The Hall–Kier alpha value is -1.15. The largest absolute Gasteiger partial charge is 0.491 e. The molecule has 0 amide bonds. The fourth-order valence-electron chi connectivity index (χ4n) is 1.78. The number of ether oxygens (including phenoxy) is 2. The quantitative estimate of drug-likeness (QED) is 0.635. The van der Waals surface area contributed by atoms with Crippen molar-refractivity contribution in [2.75, 3.05) is 26.9 Å². The van der Waals surface area contributed by atoms with Crippen LogP contribution in [0.5, 0.6) is 5.75 Å². The van der Waals surface area contributed by atoms with Gasteiger partial charge in [-0.1, -0.05) is 13.8 Å². The maximum absolute atomic E-state index is 12.3. The Balaban J connectivity index is 2.69. The molecule has 0 aliphatic carbocycles. The third-order valence-electron chi connectivity index (χ3n) is 3.71. The highest BCUT2D eigenvalue weighted by Crippen LogP contribution is 2.17. The second-order valence-corrected chi connectivity index (χ2v) is 6.97. The van der Waals surface area contributed by atoms with E-state index in [1.54, 1.807) is 19.2 Å².